The summed E-state index contributed by atoms with van der Waals surface area (Å²) in [7, 11) is 3.15. The summed E-state index contributed by atoms with van der Waals surface area (Å²) < 4.78 is 0. The van der Waals surface area contributed by atoms with Gasteiger partial charge < -0.3 is 15.9 Å². The van der Waals surface area contributed by atoms with Gasteiger partial charge in [0.2, 0.25) is 5.91 Å². The zero-order chi connectivity index (χ0) is 28.5. The maximum Gasteiger partial charge on any atom is 0.235 e. The number of phenols is 1. The topological polar surface area (TPSA) is 158 Å². The van der Waals surface area contributed by atoms with Gasteiger partial charge in [-0.05, 0) is 63.3 Å². The summed E-state index contributed by atoms with van der Waals surface area (Å²) in [6.45, 7) is 5.86. The number of aliphatic hydroxyl groups is 1. The second-order valence-electron chi connectivity index (χ2n) is 12.1. The number of carbonyl (C=O) groups is 5. The second kappa shape index (κ2) is 9.60. The smallest absolute Gasteiger partial charge is 0.235 e. The van der Waals surface area contributed by atoms with Crippen molar-refractivity contribution >= 4 is 29.0 Å². The Hall–Kier alpha value is -2.95. The number of carbonyl (C=O) groups excluding carboxylic acids is 5. The van der Waals surface area contributed by atoms with Gasteiger partial charge in [-0.25, -0.2) is 0 Å². The molecule has 1 aliphatic heterocycles. The van der Waals surface area contributed by atoms with E-state index in [1.807, 2.05) is 19.1 Å². The fourth-order valence-electron chi connectivity index (χ4n) is 8.02. The highest BCUT2D eigenvalue weighted by molar-refractivity contribution is 6.32. The van der Waals surface area contributed by atoms with E-state index in [1.54, 1.807) is 21.0 Å². The molecule has 210 valence electrons. The van der Waals surface area contributed by atoms with Gasteiger partial charge in [-0.15, -0.1) is 0 Å². The monoisotopic (exact) mass is 539 g/mol. The number of ketones is 4. The number of Topliss-reactive ketones (excluding diaryl/α,β-unsaturated/α-hetero) is 4. The predicted octanol–water partition coefficient (Wildman–Crippen LogP) is 0.660. The third kappa shape index (κ3) is 3.82. The van der Waals surface area contributed by atoms with Crippen LogP contribution in [0.3, 0.4) is 0 Å². The number of phenolic OH excluding ortho intramolecular Hbond substituents is 1. The Morgan fingerprint density at radius 1 is 1.08 bits per heavy atom. The van der Waals surface area contributed by atoms with E-state index in [0.717, 1.165) is 32.4 Å². The van der Waals surface area contributed by atoms with E-state index in [-0.39, 0.29) is 17.2 Å². The Labute approximate surface area is 227 Å². The predicted molar refractivity (Wildman–Crippen MR) is 140 cm³/mol. The molecular weight excluding hydrogens is 502 g/mol. The summed E-state index contributed by atoms with van der Waals surface area (Å²) in [6, 6.07) is 2.52. The molecule has 39 heavy (non-hydrogen) atoms. The molecule has 0 bridgehead atoms. The van der Waals surface area contributed by atoms with Crippen molar-refractivity contribution in [2.45, 2.75) is 57.2 Å². The van der Waals surface area contributed by atoms with Gasteiger partial charge in [-0.3, -0.25) is 33.8 Å². The summed E-state index contributed by atoms with van der Waals surface area (Å²) in [5.74, 6) is -11.3. The Balaban J connectivity index is 1.62. The number of nitrogens with zero attached hydrogens (tertiary/aromatic N) is 2. The van der Waals surface area contributed by atoms with Crippen LogP contribution in [-0.4, -0.2) is 87.9 Å². The van der Waals surface area contributed by atoms with E-state index in [0.29, 0.717) is 17.7 Å². The van der Waals surface area contributed by atoms with Crippen LogP contribution in [0.5, 0.6) is 5.75 Å². The van der Waals surface area contributed by atoms with Gasteiger partial charge in [-0.1, -0.05) is 32.4 Å². The van der Waals surface area contributed by atoms with Crippen LogP contribution in [0.25, 0.3) is 0 Å². The normalized spacial score (nSPS) is 36.9. The van der Waals surface area contributed by atoms with Crippen LogP contribution in [0.2, 0.25) is 0 Å². The van der Waals surface area contributed by atoms with Crippen molar-refractivity contribution in [2.24, 2.45) is 35.3 Å². The van der Waals surface area contributed by atoms with Crippen molar-refractivity contribution in [1.29, 1.82) is 0 Å². The zero-order valence-electron chi connectivity index (χ0n) is 22.8. The summed E-state index contributed by atoms with van der Waals surface area (Å²) in [6.07, 6.45) is 3.29. The summed E-state index contributed by atoms with van der Waals surface area (Å²) in [4.78, 5) is 70.9. The standard InChI is InChI=1S/C29H37N3O7/c1-13-16-9-8-15(12-32-10-6-5-7-11-32)23(33)18(16)24(34)19-17(13)14(2)21-22(31(3)4)25(35)20(28(30)38)27(37)29(21,39)26(19)36/h8-9,13-14,17,19-22,33,39H,5-7,10-12H2,1-4H3,(H2,30,38)/t13-,14-,17-,19?,20?,21-,22-,29-/m0/s1. The van der Waals surface area contributed by atoms with E-state index in [9.17, 15) is 34.2 Å². The largest absolute Gasteiger partial charge is 0.507 e. The first-order chi connectivity index (χ1) is 18.3. The average molecular weight is 540 g/mol. The maximum atomic E-state index is 14.1. The molecule has 0 aromatic heterocycles. The Morgan fingerprint density at radius 3 is 2.31 bits per heavy atom. The molecule has 0 radical (unpaired) electrons. The zero-order valence-corrected chi connectivity index (χ0v) is 22.8. The molecule has 1 aromatic rings. The van der Waals surface area contributed by atoms with E-state index in [1.165, 1.54) is 4.90 Å². The number of hydrogen-bond donors (Lipinski definition) is 3. The lowest BCUT2D eigenvalue weighted by Crippen LogP contribution is -2.76. The van der Waals surface area contributed by atoms with Crippen molar-refractivity contribution in [3.8, 4) is 5.75 Å². The first kappa shape index (κ1) is 27.6. The first-order valence-corrected chi connectivity index (χ1v) is 13.8. The molecule has 1 aromatic carbocycles. The molecule has 1 heterocycles. The number of aromatic hydroxyl groups is 1. The lowest BCUT2D eigenvalue weighted by molar-refractivity contribution is -0.188. The molecule has 1 saturated heterocycles. The number of benzene rings is 1. The minimum Gasteiger partial charge on any atom is -0.507 e. The molecule has 2 saturated carbocycles. The Morgan fingerprint density at radius 2 is 1.72 bits per heavy atom. The maximum absolute atomic E-state index is 14.1. The molecule has 2 unspecified atom stereocenters. The van der Waals surface area contributed by atoms with Crippen molar-refractivity contribution in [3.63, 3.8) is 0 Å². The summed E-state index contributed by atoms with van der Waals surface area (Å²) in [5.41, 5.74) is 3.91. The highest BCUT2D eigenvalue weighted by Crippen LogP contribution is 2.57. The number of hydrogen-bond acceptors (Lipinski definition) is 9. The average Bonchev–Trinajstić information content (AvgIpc) is 2.87. The molecule has 4 N–H and O–H groups in total. The van der Waals surface area contributed by atoms with Gasteiger partial charge in [0.1, 0.15) is 5.75 Å². The van der Waals surface area contributed by atoms with Crippen LogP contribution in [0, 0.1) is 29.6 Å². The molecule has 3 fully saturated rings. The van der Waals surface area contributed by atoms with E-state index >= 15 is 0 Å². The van der Waals surface area contributed by atoms with E-state index < -0.39 is 70.3 Å². The minimum absolute atomic E-state index is 0.0517. The third-order valence-corrected chi connectivity index (χ3v) is 9.83. The van der Waals surface area contributed by atoms with Crippen molar-refractivity contribution in [3.05, 3.63) is 28.8 Å². The fraction of sp³-hybridized carbons (Fsp3) is 0.621. The molecule has 8 atom stereocenters. The SMILES string of the molecule is C[C@H]1[C@H]2C(C(=O)c3c(ccc(CN4CCCCC4)c3O)[C@@H]2C)C(=O)[C@]2(O)C(=O)C(C(N)=O)C(=O)[C@@H](N(C)C)[C@H]12. The van der Waals surface area contributed by atoms with Crippen LogP contribution in [-0.2, 0) is 25.7 Å². The van der Waals surface area contributed by atoms with E-state index in [4.69, 9.17) is 5.73 Å². The van der Waals surface area contributed by atoms with Gasteiger partial charge in [-0.2, -0.15) is 0 Å². The fourth-order valence-corrected chi connectivity index (χ4v) is 8.02. The number of likely N-dealkylation sites (N-methyl/N-ethyl adjacent to an activating group) is 1. The van der Waals surface area contributed by atoms with Crippen molar-refractivity contribution in [2.75, 3.05) is 27.2 Å². The molecular formula is C29H37N3O7. The van der Waals surface area contributed by atoms with Crippen molar-refractivity contribution in [1.82, 2.24) is 9.80 Å². The van der Waals surface area contributed by atoms with Crippen LogP contribution in [0.1, 0.15) is 60.5 Å². The number of likely N-dealkylation sites (tertiary alicyclic amines) is 1. The minimum atomic E-state index is -2.74. The molecule has 3 aliphatic carbocycles. The molecule has 10 heteroatoms. The van der Waals surface area contributed by atoms with Crippen LogP contribution in [0.4, 0.5) is 0 Å². The third-order valence-electron chi connectivity index (χ3n) is 9.83. The summed E-state index contributed by atoms with van der Waals surface area (Å²) in [5, 5.41) is 23.2. The van der Waals surface area contributed by atoms with Crippen LogP contribution < -0.4 is 5.73 Å². The van der Waals surface area contributed by atoms with Crippen molar-refractivity contribution < 1.29 is 34.2 Å². The molecule has 0 spiro atoms. The number of rotatable bonds is 4. The Bertz CT molecular complexity index is 1270. The van der Waals surface area contributed by atoms with E-state index in [2.05, 4.69) is 4.90 Å². The highest BCUT2D eigenvalue weighted by atomic mass is 16.3. The lowest BCUT2D eigenvalue weighted by Gasteiger charge is -2.57. The number of piperidine rings is 1. The molecule has 5 rings (SSSR count). The number of amides is 1. The van der Waals surface area contributed by atoms with Gasteiger partial charge in [0.25, 0.3) is 0 Å². The number of nitrogens with two attached hydrogens (primary N) is 1. The lowest BCUT2D eigenvalue weighted by atomic mass is 9.47. The highest BCUT2D eigenvalue weighted by Gasteiger charge is 2.72. The second-order valence-corrected chi connectivity index (χ2v) is 12.1. The number of primary amides is 1. The van der Waals surface area contributed by atoms with Gasteiger partial charge >= 0.3 is 0 Å². The molecule has 10 nitrogen and oxygen atoms in total. The quantitative estimate of drug-likeness (QED) is 0.467. The van der Waals surface area contributed by atoms with Gasteiger partial charge in [0, 0.05) is 18.0 Å². The molecule has 1 amide bonds. The Kier molecular flexibility index (Phi) is 6.80. The molecule has 4 aliphatic rings. The summed E-state index contributed by atoms with van der Waals surface area (Å²) >= 11 is 0. The van der Waals surface area contributed by atoms with Gasteiger partial charge in [0.15, 0.2) is 34.7 Å². The van der Waals surface area contributed by atoms with Crippen LogP contribution in [0.15, 0.2) is 12.1 Å². The van der Waals surface area contributed by atoms with Gasteiger partial charge in [0.05, 0.1) is 17.5 Å². The number of fused-ring (bicyclic) bond motifs is 3. The first-order valence-electron chi connectivity index (χ1n) is 13.8. The van der Waals surface area contributed by atoms with Crippen LogP contribution >= 0.6 is 0 Å².